The highest BCUT2D eigenvalue weighted by atomic mass is 32.4. The van der Waals surface area contributed by atoms with E-state index in [2.05, 4.69) is 133 Å². The summed E-state index contributed by atoms with van der Waals surface area (Å²) in [6.45, 7) is 4.58. The van der Waals surface area contributed by atoms with Gasteiger partial charge in [-0.1, -0.05) is 91.5 Å². The lowest BCUT2D eigenvalue weighted by molar-refractivity contribution is 1.26. The van der Waals surface area contributed by atoms with Gasteiger partial charge in [-0.3, -0.25) is 4.99 Å². The zero-order chi connectivity index (χ0) is 21.3. The van der Waals surface area contributed by atoms with Crippen molar-refractivity contribution < 1.29 is 0 Å². The van der Waals surface area contributed by atoms with Crippen LogP contribution in [0.1, 0.15) is 5.56 Å². The second kappa shape index (κ2) is 6.69. The highest BCUT2D eigenvalue weighted by Crippen LogP contribution is 3.06. The van der Waals surface area contributed by atoms with Crippen molar-refractivity contribution >= 4 is 13.3 Å². The Bertz CT molecular complexity index is 1200. The van der Waals surface area contributed by atoms with E-state index in [9.17, 15) is 0 Å². The van der Waals surface area contributed by atoms with Crippen molar-refractivity contribution in [2.45, 2.75) is 14.7 Å². The number of hydrogen-bond donors (Lipinski definition) is 0. The third kappa shape index (κ3) is 2.10. The first-order valence-corrected chi connectivity index (χ1v) is 13.0. The molecule has 0 radical (unpaired) electrons. The molecule has 2 heteroatoms. The molecule has 0 N–H and O–H groups in total. The molecule has 1 heterocycles. The topological polar surface area (TPSA) is 12.4 Å². The summed E-state index contributed by atoms with van der Waals surface area (Å²) in [5, 5.41) is 5.59. The molecule has 4 aromatic carbocycles. The number of rotatable bonds is 5. The molecular weight excluding hydrogens is 394 g/mol. The molecule has 0 unspecified atom stereocenters. The molecule has 4 aromatic rings. The van der Waals surface area contributed by atoms with Gasteiger partial charge in [-0.2, -0.15) is 0 Å². The normalized spacial score (nSPS) is 19.8. The molecule has 0 amide bonds. The maximum absolute atomic E-state index is 5.12. The SMILES string of the molecule is C=CS1(c2ccccc2)(c2ccccc2)(c2ccccc2)C=CN=C1c1ccccc1. The van der Waals surface area contributed by atoms with Gasteiger partial charge in [0.05, 0.1) is 5.04 Å². The van der Waals surface area contributed by atoms with Crippen molar-refractivity contribution in [1.82, 2.24) is 0 Å². The minimum atomic E-state index is -3.88. The van der Waals surface area contributed by atoms with Gasteiger partial charge < -0.3 is 0 Å². The minimum Gasteiger partial charge on any atom is -0.250 e. The molecule has 0 bridgehead atoms. The van der Waals surface area contributed by atoms with E-state index in [-0.39, 0.29) is 0 Å². The fraction of sp³-hybridized carbons (Fsp3) is 0. The lowest BCUT2D eigenvalue weighted by Crippen LogP contribution is -2.39. The molecule has 0 aliphatic carbocycles. The summed E-state index contributed by atoms with van der Waals surface area (Å²) in [5.74, 6) is 0. The largest absolute Gasteiger partial charge is 0.250 e. The summed E-state index contributed by atoms with van der Waals surface area (Å²) in [5.41, 5.74) is 1.10. The molecular formula is C29H25NS. The molecule has 0 saturated carbocycles. The molecule has 0 spiro atoms. The molecule has 0 atom stereocenters. The van der Waals surface area contributed by atoms with Crippen LogP contribution in [0.5, 0.6) is 0 Å². The number of benzene rings is 4. The van der Waals surface area contributed by atoms with Crippen molar-refractivity contribution in [3.63, 3.8) is 0 Å². The zero-order valence-corrected chi connectivity index (χ0v) is 18.2. The molecule has 0 aromatic heterocycles. The van der Waals surface area contributed by atoms with Gasteiger partial charge in [-0.05, 0) is 61.9 Å². The second-order valence-electron chi connectivity index (χ2n) is 7.88. The predicted molar refractivity (Wildman–Crippen MR) is 134 cm³/mol. The Morgan fingerprint density at radius 1 is 0.548 bits per heavy atom. The summed E-state index contributed by atoms with van der Waals surface area (Å²) in [6, 6.07) is 42.8. The number of aliphatic imine (C=N–C) groups is 1. The van der Waals surface area contributed by atoms with E-state index in [1.54, 1.807) is 0 Å². The molecule has 0 fully saturated rings. The summed E-state index contributed by atoms with van der Waals surface area (Å²) in [6.07, 6.45) is 1.98. The van der Waals surface area contributed by atoms with Crippen LogP contribution in [0.3, 0.4) is 0 Å². The second-order valence-corrected chi connectivity index (χ2v) is 13.7. The van der Waals surface area contributed by atoms with Gasteiger partial charge in [-0.25, -0.2) is 0 Å². The first kappa shape index (κ1) is 19.3. The van der Waals surface area contributed by atoms with Crippen molar-refractivity contribution in [2.75, 3.05) is 0 Å². The summed E-state index contributed by atoms with van der Waals surface area (Å²) in [4.78, 5) is 8.72. The third-order valence-electron chi connectivity index (χ3n) is 6.67. The van der Waals surface area contributed by atoms with E-state index in [0.29, 0.717) is 0 Å². The van der Waals surface area contributed by atoms with Gasteiger partial charge in [0.25, 0.3) is 0 Å². The smallest absolute Gasteiger partial charge is 0.0906 e. The van der Waals surface area contributed by atoms with E-state index in [4.69, 9.17) is 4.99 Å². The van der Waals surface area contributed by atoms with Gasteiger partial charge >= 0.3 is 0 Å². The Balaban J connectivity index is 2.14. The van der Waals surface area contributed by atoms with Crippen LogP contribution < -0.4 is 0 Å². The summed E-state index contributed by atoms with van der Waals surface area (Å²) in [7, 11) is -3.88. The average molecular weight is 420 g/mol. The minimum absolute atomic E-state index is 1.04. The van der Waals surface area contributed by atoms with Gasteiger partial charge in [0.15, 0.2) is 0 Å². The average Bonchev–Trinajstić information content (AvgIpc) is 3.26. The first-order valence-electron chi connectivity index (χ1n) is 10.4. The van der Waals surface area contributed by atoms with Crippen molar-refractivity contribution in [3.8, 4) is 0 Å². The monoisotopic (exact) mass is 419 g/mol. The maximum Gasteiger partial charge on any atom is 0.0906 e. The fourth-order valence-electron chi connectivity index (χ4n) is 5.17. The molecule has 31 heavy (non-hydrogen) atoms. The maximum atomic E-state index is 5.12. The highest BCUT2D eigenvalue weighted by molar-refractivity contribution is 8.78. The lowest BCUT2D eigenvalue weighted by atomic mass is 10.2. The fourth-order valence-corrected chi connectivity index (χ4v) is 12.2. The molecule has 5 rings (SSSR count). The van der Waals surface area contributed by atoms with Crippen LogP contribution in [0.2, 0.25) is 0 Å². The van der Waals surface area contributed by atoms with E-state index < -0.39 is 8.29 Å². The van der Waals surface area contributed by atoms with Gasteiger partial charge in [0.1, 0.15) is 0 Å². The van der Waals surface area contributed by atoms with Crippen LogP contribution in [-0.4, -0.2) is 5.04 Å². The third-order valence-corrected chi connectivity index (χ3v) is 14.3. The van der Waals surface area contributed by atoms with Crippen LogP contribution in [0.15, 0.2) is 165 Å². The van der Waals surface area contributed by atoms with Crippen LogP contribution in [0.25, 0.3) is 0 Å². The van der Waals surface area contributed by atoms with Crippen LogP contribution in [0.4, 0.5) is 0 Å². The standard InChI is InChI=1S/C29H25NS/c1-2-31(26-17-9-4-10-18-26,27-19-11-5-12-20-27,28-21-13-6-14-22-28)24-23-30-29(31)25-15-7-3-8-16-25/h2-24H,1H2. The Hall–Kier alpha value is -3.62. The van der Waals surface area contributed by atoms with Crippen molar-refractivity contribution in [1.29, 1.82) is 0 Å². The first-order chi connectivity index (χ1) is 15.2. The summed E-state index contributed by atoms with van der Waals surface area (Å²) < 4.78 is 0. The lowest BCUT2D eigenvalue weighted by Gasteiger charge is -2.75. The zero-order valence-electron chi connectivity index (χ0n) is 17.3. The van der Waals surface area contributed by atoms with Gasteiger partial charge in [0, 0.05) is 11.8 Å². The molecule has 152 valence electrons. The Morgan fingerprint density at radius 2 is 0.935 bits per heavy atom. The molecule has 1 aliphatic heterocycles. The van der Waals surface area contributed by atoms with Crippen LogP contribution >= 0.6 is 8.29 Å². The van der Waals surface area contributed by atoms with Crippen molar-refractivity contribution in [3.05, 3.63) is 150 Å². The van der Waals surface area contributed by atoms with E-state index in [1.165, 1.54) is 14.7 Å². The number of hydrogen-bond acceptors (Lipinski definition) is 1. The predicted octanol–water partition coefficient (Wildman–Crippen LogP) is 8.11. The summed E-state index contributed by atoms with van der Waals surface area (Å²) >= 11 is 0. The molecule has 1 aliphatic rings. The van der Waals surface area contributed by atoms with Gasteiger partial charge in [0.2, 0.25) is 0 Å². The number of nitrogens with zero attached hydrogens (tertiary/aromatic N) is 1. The Labute approximate surface area is 183 Å². The quantitative estimate of drug-likeness (QED) is 0.310. The van der Waals surface area contributed by atoms with E-state index >= 15 is 0 Å². The Morgan fingerprint density at radius 3 is 1.32 bits per heavy atom. The van der Waals surface area contributed by atoms with Crippen LogP contribution in [-0.2, 0) is 0 Å². The highest BCUT2D eigenvalue weighted by Gasteiger charge is 2.66. The van der Waals surface area contributed by atoms with E-state index in [0.717, 1.165) is 10.6 Å². The van der Waals surface area contributed by atoms with Crippen LogP contribution in [0, 0.1) is 0 Å². The van der Waals surface area contributed by atoms with Gasteiger partial charge in [-0.15, -0.1) is 8.29 Å². The molecule has 1 nitrogen and oxygen atoms in total. The van der Waals surface area contributed by atoms with Crippen molar-refractivity contribution in [2.24, 2.45) is 4.99 Å². The Kier molecular flexibility index (Phi) is 4.18. The van der Waals surface area contributed by atoms with E-state index in [1.807, 2.05) is 12.3 Å². The molecule has 0 saturated heterocycles.